The molecular formula is C12H13. The van der Waals surface area contributed by atoms with Gasteiger partial charge in [0.05, 0.1) is 0 Å². The summed E-state index contributed by atoms with van der Waals surface area (Å²) in [6.45, 7) is 7.71. The van der Waals surface area contributed by atoms with E-state index < -0.39 is 0 Å². The lowest BCUT2D eigenvalue weighted by Crippen LogP contribution is -1.87. The van der Waals surface area contributed by atoms with Crippen LogP contribution >= 0.6 is 0 Å². The monoisotopic (exact) mass is 157 g/mol. The van der Waals surface area contributed by atoms with E-state index in [4.69, 9.17) is 0 Å². The van der Waals surface area contributed by atoms with Crippen LogP contribution in [0.25, 0.3) is 0 Å². The van der Waals surface area contributed by atoms with Gasteiger partial charge in [-0.1, -0.05) is 29.7 Å². The molecule has 0 heteroatoms. The molecule has 0 bridgehead atoms. The summed E-state index contributed by atoms with van der Waals surface area (Å²) < 4.78 is 0. The molecule has 1 aromatic carbocycles. The smallest absolute Gasteiger partial charge is 0.0342 e. The molecule has 0 spiro atoms. The highest BCUT2D eigenvalue weighted by molar-refractivity contribution is 5.33. The number of aryl methyl sites for hydroxylation is 2. The van der Waals surface area contributed by atoms with Crippen LogP contribution < -0.4 is 0 Å². The quantitative estimate of drug-likeness (QED) is 0.550. The van der Waals surface area contributed by atoms with E-state index in [1.807, 2.05) is 0 Å². The highest BCUT2D eigenvalue weighted by Crippen LogP contribution is 2.10. The molecule has 0 aliphatic heterocycles. The molecule has 12 heavy (non-hydrogen) atoms. The summed E-state index contributed by atoms with van der Waals surface area (Å²) >= 11 is 0. The molecule has 0 heterocycles. The fraction of sp³-hybridized carbons (Fsp3) is 0.250. The van der Waals surface area contributed by atoms with Crippen molar-refractivity contribution in [3.8, 4) is 11.8 Å². The van der Waals surface area contributed by atoms with E-state index in [2.05, 4.69) is 50.8 Å². The number of hydrogen-bond acceptors (Lipinski definition) is 0. The van der Waals surface area contributed by atoms with Gasteiger partial charge in [0.25, 0.3) is 0 Å². The first kappa shape index (κ1) is 8.87. The molecule has 0 aliphatic rings. The average Bonchev–Trinajstić information content (AvgIpc) is 2.03. The summed E-state index contributed by atoms with van der Waals surface area (Å²) in [7, 11) is 0. The van der Waals surface area contributed by atoms with Crippen molar-refractivity contribution in [1.82, 2.24) is 0 Å². The van der Waals surface area contributed by atoms with Gasteiger partial charge < -0.3 is 0 Å². The largest absolute Gasteiger partial charge is 0.102 e. The SMILES string of the molecule is [CH2]C#CCc1ccc(C)cc1C. The zero-order valence-electron chi connectivity index (χ0n) is 7.65. The van der Waals surface area contributed by atoms with Gasteiger partial charge in [0.2, 0.25) is 0 Å². The standard InChI is InChI=1S/C12H13/c1-4-5-6-12-8-7-10(2)9-11(12)3/h7-9H,1,6H2,2-3H3. The van der Waals surface area contributed by atoms with Gasteiger partial charge in [-0.25, -0.2) is 0 Å². The molecule has 0 saturated heterocycles. The summed E-state index contributed by atoms with van der Waals surface area (Å²) in [6, 6.07) is 6.43. The van der Waals surface area contributed by atoms with Crippen molar-refractivity contribution in [2.24, 2.45) is 0 Å². The fourth-order valence-corrected chi connectivity index (χ4v) is 1.20. The lowest BCUT2D eigenvalue weighted by Gasteiger charge is -2.01. The molecule has 0 aliphatic carbocycles. The Morgan fingerprint density at radius 1 is 1.33 bits per heavy atom. The Kier molecular flexibility index (Phi) is 2.94. The van der Waals surface area contributed by atoms with E-state index >= 15 is 0 Å². The van der Waals surface area contributed by atoms with E-state index in [0.717, 1.165) is 6.42 Å². The minimum Gasteiger partial charge on any atom is -0.102 e. The Morgan fingerprint density at radius 2 is 2.08 bits per heavy atom. The van der Waals surface area contributed by atoms with Gasteiger partial charge in [-0.05, 0) is 25.0 Å². The van der Waals surface area contributed by atoms with Crippen molar-refractivity contribution in [3.05, 3.63) is 41.8 Å². The highest BCUT2D eigenvalue weighted by atomic mass is 14.0. The second-order valence-electron chi connectivity index (χ2n) is 2.96. The van der Waals surface area contributed by atoms with Crippen LogP contribution in [0.15, 0.2) is 18.2 Å². The topological polar surface area (TPSA) is 0 Å². The molecule has 1 aromatic rings. The van der Waals surface area contributed by atoms with Crippen LogP contribution in [0, 0.1) is 32.6 Å². The highest BCUT2D eigenvalue weighted by Gasteiger charge is 1.94. The summed E-state index contributed by atoms with van der Waals surface area (Å²) in [5, 5.41) is 0. The second kappa shape index (κ2) is 3.97. The lowest BCUT2D eigenvalue weighted by atomic mass is 10.0. The lowest BCUT2D eigenvalue weighted by molar-refractivity contribution is 1.23. The van der Waals surface area contributed by atoms with Crippen LogP contribution in [0.5, 0.6) is 0 Å². The van der Waals surface area contributed by atoms with Gasteiger partial charge in [-0.15, -0.1) is 5.92 Å². The first-order chi connectivity index (χ1) is 5.74. The molecule has 1 radical (unpaired) electrons. The molecule has 0 atom stereocenters. The van der Waals surface area contributed by atoms with Crippen LogP contribution in [0.2, 0.25) is 0 Å². The molecule has 0 N–H and O–H groups in total. The molecule has 0 saturated carbocycles. The first-order valence-electron chi connectivity index (χ1n) is 4.05. The van der Waals surface area contributed by atoms with E-state index in [1.54, 1.807) is 0 Å². The van der Waals surface area contributed by atoms with Gasteiger partial charge >= 0.3 is 0 Å². The van der Waals surface area contributed by atoms with E-state index in [0.29, 0.717) is 0 Å². The summed E-state index contributed by atoms with van der Waals surface area (Å²) in [5.41, 5.74) is 3.92. The minimum absolute atomic E-state index is 0.815. The predicted molar refractivity (Wildman–Crippen MR) is 52.8 cm³/mol. The van der Waals surface area contributed by atoms with Crippen LogP contribution in [0.3, 0.4) is 0 Å². The fourth-order valence-electron chi connectivity index (χ4n) is 1.20. The Balaban J connectivity index is 2.91. The van der Waals surface area contributed by atoms with Gasteiger partial charge in [0.1, 0.15) is 0 Å². The third-order valence-electron chi connectivity index (χ3n) is 1.90. The summed E-state index contributed by atoms with van der Waals surface area (Å²) in [4.78, 5) is 0. The van der Waals surface area contributed by atoms with Crippen LogP contribution in [0.4, 0.5) is 0 Å². The molecular weight excluding hydrogens is 144 g/mol. The molecule has 1 rings (SSSR count). The third-order valence-corrected chi connectivity index (χ3v) is 1.90. The second-order valence-corrected chi connectivity index (χ2v) is 2.96. The maximum atomic E-state index is 3.49. The Hall–Kier alpha value is -1.22. The van der Waals surface area contributed by atoms with E-state index in [1.165, 1.54) is 16.7 Å². The average molecular weight is 157 g/mol. The van der Waals surface area contributed by atoms with E-state index in [-0.39, 0.29) is 0 Å². The maximum absolute atomic E-state index is 3.49. The molecule has 0 amide bonds. The van der Waals surface area contributed by atoms with Gasteiger partial charge in [0.15, 0.2) is 0 Å². The van der Waals surface area contributed by atoms with Gasteiger partial charge in [-0.2, -0.15) is 0 Å². The zero-order valence-corrected chi connectivity index (χ0v) is 7.65. The van der Waals surface area contributed by atoms with Crippen molar-refractivity contribution < 1.29 is 0 Å². The third kappa shape index (κ3) is 2.13. The molecule has 0 aromatic heterocycles. The molecule has 0 unspecified atom stereocenters. The normalized spacial score (nSPS) is 8.92. The van der Waals surface area contributed by atoms with Crippen molar-refractivity contribution in [2.45, 2.75) is 20.3 Å². The number of benzene rings is 1. The Labute approximate surface area is 74.6 Å². The maximum Gasteiger partial charge on any atom is 0.0342 e. The molecule has 0 fully saturated rings. The summed E-state index contributed by atoms with van der Waals surface area (Å²) in [5.74, 6) is 5.62. The number of rotatable bonds is 1. The van der Waals surface area contributed by atoms with Crippen molar-refractivity contribution >= 4 is 0 Å². The molecule has 0 nitrogen and oxygen atoms in total. The van der Waals surface area contributed by atoms with Crippen molar-refractivity contribution in [3.63, 3.8) is 0 Å². The van der Waals surface area contributed by atoms with Crippen LogP contribution in [-0.2, 0) is 6.42 Å². The Morgan fingerprint density at radius 3 is 2.67 bits per heavy atom. The van der Waals surface area contributed by atoms with Crippen LogP contribution in [0.1, 0.15) is 16.7 Å². The van der Waals surface area contributed by atoms with Gasteiger partial charge in [-0.3, -0.25) is 0 Å². The van der Waals surface area contributed by atoms with Crippen molar-refractivity contribution in [1.29, 1.82) is 0 Å². The minimum atomic E-state index is 0.815. The van der Waals surface area contributed by atoms with Crippen LogP contribution in [-0.4, -0.2) is 0 Å². The zero-order chi connectivity index (χ0) is 8.97. The molecule has 61 valence electrons. The first-order valence-corrected chi connectivity index (χ1v) is 4.05. The Bertz CT molecular complexity index is 324. The number of hydrogen-bond donors (Lipinski definition) is 0. The van der Waals surface area contributed by atoms with Gasteiger partial charge in [0, 0.05) is 13.3 Å². The van der Waals surface area contributed by atoms with E-state index in [9.17, 15) is 0 Å². The predicted octanol–water partition coefficient (Wildman–Crippen LogP) is 2.68. The summed E-state index contributed by atoms with van der Waals surface area (Å²) in [6.07, 6.45) is 0.815. The van der Waals surface area contributed by atoms with Crippen molar-refractivity contribution in [2.75, 3.05) is 0 Å².